The molecule has 0 aromatic heterocycles. The minimum Gasteiger partial charge on any atom is -0.484 e. The Bertz CT molecular complexity index is 418. The summed E-state index contributed by atoms with van der Waals surface area (Å²) in [4.78, 5) is 10.4. The zero-order valence-electron chi connectivity index (χ0n) is 8.02. The number of hydrogen-bond acceptors (Lipinski definition) is 2. The summed E-state index contributed by atoms with van der Waals surface area (Å²) in [5, 5.41) is 8.40. The monoisotopic (exact) mass is 256 g/mol. The third-order valence-electron chi connectivity index (χ3n) is 1.63. The summed E-state index contributed by atoms with van der Waals surface area (Å²) in [6.45, 7) is -1.72. The maximum Gasteiger partial charge on any atom is 0.422 e. The number of hydrogen-bond donors (Lipinski definition) is 1. The topological polar surface area (TPSA) is 46.5 Å². The lowest BCUT2D eigenvalue weighted by molar-refractivity contribution is -0.153. The van der Waals surface area contributed by atoms with Gasteiger partial charge in [-0.1, -0.05) is 0 Å². The summed E-state index contributed by atoms with van der Waals surface area (Å²) in [7, 11) is 0. The molecule has 3 nitrogen and oxygen atoms in total. The number of benzene rings is 1. The molecule has 17 heavy (non-hydrogen) atoms. The van der Waals surface area contributed by atoms with E-state index in [0.717, 1.165) is 0 Å². The highest BCUT2D eigenvalue weighted by Crippen LogP contribution is 2.23. The molecule has 0 fully saturated rings. The maximum atomic E-state index is 13.0. The van der Waals surface area contributed by atoms with E-state index in [1.165, 1.54) is 0 Å². The highest BCUT2D eigenvalue weighted by molar-refractivity contribution is 5.88. The van der Waals surface area contributed by atoms with Crippen LogP contribution in [0.5, 0.6) is 5.75 Å². The first-order valence-corrected chi connectivity index (χ1v) is 4.12. The maximum absolute atomic E-state index is 13.0. The fourth-order valence-electron chi connectivity index (χ4n) is 1.00. The van der Waals surface area contributed by atoms with Crippen LogP contribution >= 0.6 is 0 Å². The molecule has 1 aromatic carbocycles. The van der Waals surface area contributed by atoms with Crippen LogP contribution in [0.3, 0.4) is 0 Å². The molecule has 0 bridgehead atoms. The molecule has 0 aliphatic rings. The predicted octanol–water partition coefficient (Wildman–Crippen LogP) is 2.60. The summed E-state index contributed by atoms with van der Waals surface area (Å²) in [6, 6.07) is 0.747. The van der Waals surface area contributed by atoms with Gasteiger partial charge in [-0.25, -0.2) is 13.6 Å². The average molecular weight is 256 g/mol. The van der Waals surface area contributed by atoms with E-state index in [-0.39, 0.29) is 0 Å². The van der Waals surface area contributed by atoms with E-state index in [0.29, 0.717) is 12.1 Å². The number of alkyl halides is 3. The quantitative estimate of drug-likeness (QED) is 0.845. The van der Waals surface area contributed by atoms with E-state index in [4.69, 9.17) is 5.11 Å². The van der Waals surface area contributed by atoms with Crippen LogP contribution in [-0.2, 0) is 0 Å². The smallest absolute Gasteiger partial charge is 0.422 e. The van der Waals surface area contributed by atoms with Gasteiger partial charge in [0.1, 0.15) is 22.9 Å². The molecular weight excluding hydrogens is 251 g/mol. The molecule has 0 radical (unpaired) electrons. The van der Waals surface area contributed by atoms with Gasteiger partial charge in [-0.3, -0.25) is 0 Å². The van der Waals surface area contributed by atoms with Crippen LogP contribution in [0, 0.1) is 11.6 Å². The van der Waals surface area contributed by atoms with Crippen molar-refractivity contribution in [1.29, 1.82) is 0 Å². The van der Waals surface area contributed by atoms with Gasteiger partial charge in [0.05, 0.1) is 0 Å². The zero-order valence-corrected chi connectivity index (χ0v) is 8.02. The number of carboxylic acid groups (broad SMARTS) is 1. The van der Waals surface area contributed by atoms with Crippen molar-refractivity contribution >= 4 is 5.97 Å². The van der Waals surface area contributed by atoms with Gasteiger partial charge in [0.25, 0.3) is 0 Å². The molecule has 94 valence electrons. The largest absolute Gasteiger partial charge is 0.484 e. The number of ether oxygens (including phenoxy) is 1. The Balaban J connectivity index is 2.95. The molecule has 0 amide bonds. The molecule has 0 heterocycles. The first kappa shape index (κ1) is 13.2. The minimum absolute atomic E-state index is 0.373. The Morgan fingerprint density at radius 2 is 1.71 bits per heavy atom. The number of aromatic carboxylic acids is 1. The summed E-state index contributed by atoms with van der Waals surface area (Å²) in [6.07, 6.45) is -4.65. The molecule has 0 atom stereocenters. The number of halogens is 5. The molecule has 0 saturated carbocycles. The van der Waals surface area contributed by atoms with E-state index in [2.05, 4.69) is 4.74 Å². The lowest BCUT2D eigenvalue weighted by Crippen LogP contribution is -2.19. The summed E-state index contributed by atoms with van der Waals surface area (Å²) in [5.74, 6) is -5.60. The second-order valence-corrected chi connectivity index (χ2v) is 2.97. The standard InChI is InChI=1S/C9H5F5O3/c10-5-1-4(17-3-9(12,13)14)2-6(11)7(5)8(15)16/h1-2H,3H2,(H,15,16). The Kier molecular flexibility index (Phi) is 3.54. The second kappa shape index (κ2) is 4.56. The van der Waals surface area contributed by atoms with Gasteiger partial charge in [-0.05, 0) is 0 Å². The summed E-state index contributed by atoms with van der Waals surface area (Å²) < 4.78 is 65.3. The van der Waals surface area contributed by atoms with Crippen molar-refractivity contribution in [1.82, 2.24) is 0 Å². The Labute approximate surface area is 91.4 Å². The van der Waals surface area contributed by atoms with Crippen molar-refractivity contribution in [2.24, 2.45) is 0 Å². The number of rotatable bonds is 3. The molecule has 8 heteroatoms. The van der Waals surface area contributed by atoms with Crippen LogP contribution in [0.25, 0.3) is 0 Å². The highest BCUT2D eigenvalue weighted by Gasteiger charge is 2.29. The van der Waals surface area contributed by atoms with Crippen LogP contribution in [-0.4, -0.2) is 23.9 Å². The summed E-state index contributed by atoms with van der Waals surface area (Å²) in [5.41, 5.74) is -1.25. The third kappa shape index (κ3) is 3.58. The van der Waals surface area contributed by atoms with Crippen LogP contribution in [0.1, 0.15) is 10.4 Å². The van der Waals surface area contributed by atoms with Crippen molar-refractivity contribution in [3.8, 4) is 5.75 Å². The van der Waals surface area contributed by atoms with Gasteiger partial charge in [0.15, 0.2) is 6.61 Å². The van der Waals surface area contributed by atoms with Crippen LogP contribution < -0.4 is 4.74 Å². The fraction of sp³-hybridized carbons (Fsp3) is 0.222. The number of carbonyl (C=O) groups is 1. The Morgan fingerprint density at radius 1 is 1.24 bits per heavy atom. The van der Waals surface area contributed by atoms with Crippen LogP contribution in [0.2, 0.25) is 0 Å². The van der Waals surface area contributed by atoms with E-state index >= 15 is 0 Å². The van der Waals surface area contributed by atoms with E-state index in [9.17, 15) is 26.7 Å². The predicted molar refractivity (Wildman–Crippen MR) is 44.9 cm³/mol. The average Bonchev–Trinajstić information content (AvgIpc) is 2.11. The second-order valence-electron chi connectivity index (χ2n) is 2.97. The SMILES string of the molecule is O=C(O)c1c(F)cc(OCC(F)(F)F)cc1F. The molecule has 1 aromatic rings. The van der Waals surface area contributed by atoms with Crippen molar-refractivity contribution < 1.29 is 36.6 Å². The molecule has 1 N–H and O–H groups in total. The molecular formula is C9H5F5O3. The lowest BCUT2D eigenvalue weighted by Gasteiger charge is -2.10. The molecule has 0 spiro atoms. The Morgan fingerprint density at radius 3 is 2.06 bits per heavy atom. The summed E-state index contributed by atoms with van der Waals surface area (Å²) >= 11 is 0. The third-order valence-corrected chi connectivity index (χ3v) is 1.63. The highest BCUT2D eigenvalue weighted by atomic mass is 19.4. The van der Waals surface area contributed by atoms with Gasteiger partial charge in [0, 0.05) is 12.1 Å². The molecule has 1 rings (SSSR count). The molecule has 0 aliphatic carbocycles. The number of carboxylic acids is 1. The molecule has 0 unspecified atom stereocenters. The lowest BCUT2D eigenvalue weighted by atomic mass is 10.2. The van der Waals surface area contributed by atoms with Gasteiger partial charge < -0.3 is 9.84 Å². The zero-order chi connectivity index (χ0) is 13.2. The van der Waals surface area contributed by atoms with Crippen molar-refractivity contribution in [2.45, 2.75) is 6.18 Å². The first-order chi connectivity index (χ1) is 7.70. The van der Waals surface area contributed by atoms with E-state index in [1.807, 2.05) is 0 Å². The van der Waals surface area contributed by atoms with Crippen LogP contribution in [0.15, 0.2) is 12.1 Å². The molecule has 0 aliphatic heterocycles. The van der Waals surface area contributed by atoms with Gasteiger partial charge in [-0.15, -0.1) is 0 Å². The van der Waals surface area contributed by atoms with Crippen LogP contribution in [0.4, 0.5) is 22.0 Å². The van der Waals surface area contributed by atoms with E-state index in [1.54, 1.807) is 0 Å². The van der Waals surface area contributed by atoms with Crippen molar-refractivity contribution in [3.63, 3.8) is 0 Å². The van der Waals surface area contributed by atoms with E-state index < -0.39 is 41.7 Å². The molecule has 0 saturated heterocycles. The van der Waals surface area contributed by atoms with Crippen molar-refractivity contribution in [2.75, 3.05) is 6.61 Å². The minimum atomic E-state index is -4.65. The normalized spacial score (nSPS) is 11.4. The fourth-order valence-corrected chi connectivity index (χ4v) is 1.00. The first-order valence-electron chi connectivity index (χ1n) is 4.12. The van der Waals surface area contributed by atoms with Gasteiger partial charge in [-0.2, -0.15) is 13.2 Å². The van der Waals surface area contributed by atoms with Crippen molar-refractivity contribution in [3.05, 3.63) is 29.3 Å². The Hall–Kier alpha value is -1.86. The van der Waals surface area contributed by atoms with Gasteiger partial charge >= 0.3 is 12.1 Å². The van der Waals surface area contributed by atoms with Gasteiger partial charge in [0.2, 0.25) is 0 Å².